The topological polar surface area (TPSA) is 38.0 Å². The van der Waals surface area contributed by atoms with Gasteiger partial charge in [0.15, 0.2) is 0 Å². The lowest BCUT2D eigenvalue weighted by Gasteiger charge is -2.55. The Morgan fingerprint density at radius 2 is 1.47 bits per heavy atom. The third-order valence-electron chi connectivity index (χ3n) is 6.85. The molecule has 0 spiro atoms. The second-order valence-corrected chi connectivity index (χ2v) is 8.01. The zero-order valence-corrected chi connectivity index (χ0v) is 12.2. The zero-order chi connectivity index (χ0) is 12.8. The average molecular weight is 262 g/mol. The summed E-state index contributed by atoms with van der Waals surface area (Å²) in [5.41, 5.74) is 6.00. The van der Waals surface area contributed by atoms with E-state index in [9.17, 15) is 0 Å². The van der Waals surface area contributed by atoms with Gasteiger partial charge in [-0.05, 0) is 81.1 Å². The van der Waals surface area contributed by atoms with Gasteiger partial charge in [0.2, 0.25) is 0 Å². The van der Waals surface area contributed by atoms with Gasteiger partial charge in [0.25, 0.3) is 0 Å². The van der Waals surface area contributed by atoms with Gasteiger partial charge in [-0.25, -0.2) is 0 Å². The highest BCUT2D eigenvalue weighted by Gasteiger charge is 2.48. The maximum atomic E-state index is 6.00. The molecule has 0 aliphatic heterocycles. The third-order valence-corrected chi connectivity index (χ3v) is 6.85. The molecule has 0 aromatic carbocycles. The van der Waals surface area contributed by atoms with Crippen LogP contribution < -0.4 is 11.1 Å². The first-order valence-corrected chi connectivity index (χ1v) is 8.79. The van der Waals surface area contributed by atoms with E-state index in [0.717, 1.165) is 48.2 Å². The molecule has 0 aromatic heterocycles. The van der Waals surface area contributed by atoms with Crippen LogP contribution in [0.25, 0.3) is 0 Å². The van der Waals surface area contributed by atoms with Crippen molar-refractivity contribution in [2.75, 3.05) is 6.54 Å². The van der Waals surface area contributed by atoms with Crippen LogP contribution in [0.5, 0.6) is 0 Å². The maximum absolute atomic E-state index is 6.00. The predicted molar refractivity (Wildman–Crippen MR) is 78.8 cm³/mol. The Labute approximate surface area is 117 Å². The Kier molecular flexibility index (Phi) is 3.35. The molecule has 0 saturated heterocycles. The van der Waals surface area contributed by atoms with Crippen molar-refractivity contribution in [1.29, 1.82) is 0 Å². The van der Waals surface area contributed by atoms with E-state index in [1.165, 1.54) is 51.4 Å². The number of nitrogens with one attached hydrogen (secondary N) is 1. The minimum Gasteiger partial charge on any atom is -0.330 e. The molecular weight excluding hydrogens is 232 g/mol. The van der Waals surface area contributed by atoms with Crippen molar-refractivity contribution >= 4 is 0 Å². The van der Waals surface area contributed by atoms with E-state index >= 15 is 0 Å². The van der Waals surface area contributed by atoms with Gasteiger partial charge in [-0.2, -0.15) is 0 Å². The molecule has 5 saturated carbocycles. The van der Waals surface area contributed by atoms with Crippen LogP contribution in [0.4, 0.5) is 0 Å². The molecule has 108 valence electrons. The van der Waals surface area contributed by atoms with Crippen molar-refractivity contribution in [3.63, 3.8) is 0 Å². The van der Waals surface area contributed by atoms with Crippen LogP contribution >= 0.6 is 0 Å². The van der Waals surface area contributed by atoms with Gasteiger partial charge in [-0.1, -0.05) is 12.8 Å². The molecule has 5 fully saturated rings. The number of hydrogen-bond donors (Lipinski definition) is 2. The summed E-state index contributed by atoms with van der Waals surface area (Å²) in [6, 6.07) is 1.59. The van der Waals surface area contributed by atoms with Crippen molar-refractivity contribution in [2.24, 2.45) is 35.3 Å². The van der Waals surface area contributed by atoms with E-state index in [4.69, 9.17) is 5.73 Å². The summed E-state index contributed by atoms with van der Waals surface area (Å²) >= 11 is 0. The highest BCUT2D eigenvalue weighted by molar-refractivity contribution is 5.02. The third kappa shape index (κ3) is 2.25. The number of hydrogen-bond acceptors (Lipinski definition) is 2. The summed E-state index contributed by atoms with van der Waals surface area (Å²) in [6.07, 6.45) is 13.3. The molecule has 0 aromatic rings. The Balaban J connectivity index is 1.44. The maximum Gasteiger partial charge on any atom is 0.0127 e. The SMILES string of the molecule is NCC1CCCCC1NC1C2CC3CC(C2)CC1C3. The molecule has 2 atom stereocenters. The lowest BCUT2D eigenvalue weighted by Crippen LogP contribution is -2.58. The molecule has 5 rings (SSSR count). The minimum absolute atomic E-state index is 0.737. The molecule has 5 aliphatic rings. The molecule has 0 radical (unpaired) electrons. The van der Waals surface area contributed by atoms with Crippen molar-refractivity contribution in [3.05, 3.63) is 0 Å². The molecule has 4 bridgehead atoms. The normalized spacial score (nSPS) is 52.6. The molecule has 0 heterocycles. The number of nitrogens with two attached hydrogens (primary N) is 1. The fraction of sp³-hybridized carbons (Fsp3) is 1.00. The quantitative estimate of drug-likeness (QED) is 0.821. The average Bonchev–Trinajstić information content (AvgIpc) is 2.42. The van der Waals surface area contributed by atoms with E-state index in [1.807, 2.05) is 0 Å². The van der Waals surface area contributed by atoms with Gasteiger partial charge < -0.3 is 11.1 Å². The summed E-state index contributed by atoms with van der Waals surface area (Å²) in [7, 11) is 0. The molecule has 2 heteroatoms. The smallest absolute Gasteiger partial charge is 0.0127 e. The van der Waals surface area contributed by atoms with Crippen LogP contribution in [-0.2, 0) is 0 Å². The molecule has 2 unspecified atom stereocenters. The predicted octanol–water partition coefficient (Wildman–Crippen LogP) is 2.92. The first-order valence-electron chi connectivity index (χ1n) is 8.79. The van der Waals surface area contributed by atoms with Gasteiger partial charge in [-0.15, -0.1) is 0 Å². The second-order valence-electron chi connectivity index (χ2n) is 8.01. The van der Waals surface area contributed by atoms with E-state index in [1.54, 1.807) is 6.42 Å². The van der Waals surface area contributed by atoms with Crippen molar-refractivity contribution < 1.29 is 0 Å². The molecule has 2 nitrogen and oxygen atoms in total. The summed E-state index contributed by atoms with van der Waals surface area (Å²) < 4.78 is 0. The Bertz CT molecular complexity index is 299. The van der Waals surface area contributed by atoms with Crippen LogP contribution in [-0.4, -0.2) is 18.6 Å². The van der Waals surface area contributed by atoms with Gasteiger partial charge in [0, 0.05) is 12.1 Å². The highest BCUT2D eigenvalue weighted by atomic mass is 15.0. The lowest BCUT2D eigenvalue weighted by molar-refractivity contribution is -0.0220. The van der Waals surface area contributed by atoms with Crippen LogP contribution in [0.15, 0.2) is 0 Å². The molecule has 19 heavy (non-hydrogen) atoms. The Morgan fingerprint density at radius 1 is 0.842 bits per heavy atom. The van der Waals surface area contributed by atoms with Crippen LogP contribution in [0.1, 0.15) is 57.8 Å². The van der Waals surface area contributed by atoms with E-state index < -0.39 is 0 Å². The molecule has 3 N–H and O–H groups in total. The fourth-order valence-corrected chi connectivity index (χ4v) is 6.15. The lowest BCUT2D eigenvalue weighted by atomic mass is 9.54. The van der Waals surface area contributed by atoms with Crippen molar-refractivity contribution in [1.82, 2.24) is 5.32 Å². The fourth-order valence-electron chi connectivity index (χ4n) is 6.15. The zero-order valence-electron chi connectivity index (χ0n) is 12.2. The minimum atomic E-state index is 0.737. The molecule has 5 aliphatic carbocycles. The summed E-state index contributed by atoms with van der Waals surface area (Å²) in [6.45, 7) is 0.894. The van der Waals surface area contributed by atoms with E-state index in [2.05, 4.69) is 5.32 Å². The second kappa shape index (κ2) is 5.04. The highest BCUT2D eigenvalue weighted by Crippen LogP contribution is 2.54. The van der Waals surface area contributed by atoms with E-state index in [-0.39, 0.29) is 0 Å². The first-order chi connectivity index (χ1) is 9.33. The summed E-state index contributed by atoms with van der Waals surface area (Å²) in [5.74, 6) is 4.97. The Hall–Kier alpha value is -0.0800. The van der Waals surface area contributed by atoms with Gasteiger partial charge in [0.05, 0.1) is 0 Å². The van der Waals surface area contributed by atoms with Crippen molar-refractivity contribution in [3.8, 4) is 0 Å². The summed E-state index contributed by atoms with van der Waals surface area (Å²) in [5, 5.41) is 4.12. The van der Waals surface area contributed by atoms with Gasteiger partial charge in [-0.3, -0.25) is 0 Å². The first kappa shape index (κ1) is 12.6. The van der Waals surface area contributed by atoms with Gasteiger partial charge >= 0.3 is 0 Å². The monoisotopic (exact) mass is 262 g/mol. The Morgan fingerprint density at radius 3 is 2.11 bits per heavy atom. The van der Waals surface area contributed by atoms with Gasteiger partial charge in [0.1, 0.15) is 0 Å². The van der Waals surface area contributed by atoms with E-state index in [0.29, 0.717) is 0 Å². The van der Waals surface area contributed by atoms with Crippen LogP contribution in [0, 0.1) is 29.6 Å². The van der Waals surface area contributed by atoms with Crippen molar-refractivity contribution in [2.45, 2.75) is 69.9 Å². The number of rotatable bonds is 3. The largest absolute Gasteiger partial charge is 0.330 e. The summed E-state index contributed by atoms with van der Waals surface area (Å²) in [4.78, 5) is 0. The standard InChI is InChI=1S/C17H30N2/c18-10-13-3-1-2-4-16(13)19-17-14-6-11-5-12(8-14)9-15(17)7-11/h11-17,19H,1-10,18H2. The molecular formula is C17H30N2. The molecule has 0 amide bonds. The van der Waals surface area contributed by atoms with Crippen LogP contribution in [0.2, 0.25) is 0 Å². The van der Waals surface area contributed by atoms with Crippen LogP contribution in [0.3, 0.4) is 0 Å².